The van der Waals surface area contributed by atoms with Crippen LogP contribution in [0.4, 0.5) is 0 Å². The number of carbonyl (C=O) groups is 1. The maximum atomic E-state index is 11.3. The molecule has 0 aliphatic carbocycles. The third-order valence-corrected chi connectivity index (χ3v) is 6.78. The molecule has 3 aliphatic heterocycles. The Kier molecular flexibility index (Phi) is 7.09. The van der Waals surface area contributed by atoms with E-state index < -0.39 is 0 Å². The van der Waals surface area contributed by atoms with Crippen molar-refractivity contribution in [2.24, 2.45) is 0 Å². The molecular weight excluding hydrogens is 366 g/mol. The third-order valence-electron chi connectivity index (χ3n) is 6.78. The van der Waals surface area contributed by atoms with Crippen LogP contribution in [0.15, 0.2) is 12.1 Å². The molecule has 0 N–H and O–H groups in total. The first-order valence-electron chi connectivity index (χ1n) is 11.5. The highest BCUT2D eigenvalue weighted by Gasteiger charge is 2.34. The first-order valence-corrected chi connectivity index (χ1v) is 11.5. The second-order valence-corrected chi connectivity index (χ2v) is 8.79. The standard InChI is InChI=1S/C24H35NO4/c1-2-3-6-18-13-19(15-23-24(18)29-17-28-23)20-14-21(25(16-20)10-11-26)8-9-22-7-4-5-12-27-22/h11,13,15,20-22H,2-10,12,14,16-17H2,1H3. The van der Waals surface area contributed by atoms with Gasteiger partial charge in [0.25, 0.3) is 0 Å². The molecule has 4 rings (SSSR count). The number of benzene rings is 1. The Balaban J connectivity index is 1.45. The minimum absolute atomic E-state index is 0.323. The molecule has 3 aliphatic rings. The summed E-state index contributed by atoms with van der Waals surface area (Å²) in [6, 6.07) is 4.97. The highest BCUT2D eigenvalue weighted by atomic mass is 16.7. The first kappa shape index (κ1) is 20.7. The number of ether oxygens (including phenoxy) is 3. The number of hydrogen-bond donors (Lipinski definition) is 0. The van der Waals surface area contributed by atoms with Gasteiger partial charge in [-0.2, -0.15) is 0 Å². The zero-order valence-electron chi connectivity index (χ0n) is 17.7. The Hall–Kier alpha value is -1.59. The fourth-order valence-corrected chi connectivity index (χ4v) is 5.15. The van der Waals surface area contributed by atoms with E-state index in [0.29, 0.717) is 31.4 Å². The van der Waals surface area contributed by atoms with Crippen molar-refractivity contribution in [3.63, 3.8) is 0 Å². The molecule has 0 amide bonds. The van der Waals surface area contributed by atoms with Gasteiger partial charge in [-0.25, -0.2) is 0 Å². The van der Waals surface area contributed by atoms with E-state index >= 15 is 0 Å². The van der Waals surface area contributed by atoms with Gasteiger partial charge in [0.15, 0.2) is 11.5 Å². The predicted octanol–water partition coefficient (Wildman–Crippen LogP) is 4.46. The Morgan fingerprint density at radius 3 is 2.93 bits per heavy atom. The van der Waals surface area contributed by atoms with Crippen LogP contribution in [0.2, 0.25) is 0 Å². The highest BCUT2D eigenvalue weighted by molar-refractivity contribution is 5.53. The fourth-order valence-electron chi connectivity index (χ4n) is 5.15. The zero-order chi connectivity index (χ0) is 20.1. The Labute approximate surface area is 174 Å². The van der Waals surface area contributed by atoms with E-state index in [2.05, 4.69) is 24.0 Å². The number of likely N-dealkylation sites (tertiary alicyclic amines) is 1. The van der Waals surface area contributed by atoms with E-state index in [0.717, 1.165) is 63.0 Å². The molecule has 2 fully saturated rings. The van der Waals surface area contributed by atoms with Gasteiger partial charge in [-0.15, -0.1) is 0 Å². The van der Waals surface area contributed by atoms with Crippen molar-refractivity contribution in [3.8, 4) is 11.5 Å². The van der Waals surface area contributed by atoms with E-state index in [9.17, 15) is 4.79 Å². The number of rotatable bonds is 9. The maximum absolute atomic E-state index is 11.3. The van der Waals surface area contributed by atoms with Crippen LogP contribution in [0, 0.1) is 0 Å². The van der Waals surface area contributed by atoms with Gasteiger partial charge in [-0.1, -0.05) is 19.4 Å². The zero-order valence-corrected chi connectivity index (χ0v) is 17.7. The first-order chi connectivity index (χ1) is 14.3. The molecule has 160 valence electrons. The van der Waals surface area contributed by atoms with E-state index in [1.165, 1.54) is 36.8 Å². The van der Waals surface area contributed by atoms with Crippen molar-refractivity contribution in [2.45, 2.75) is 82.8 Å². The molecule has 3 unspecified atom stereocenters. The smallest absolute Gasteiger partial charge is 0.231 e. The third kappa shape index (κ3) is 4.95. The van der Waals surface area contributed by atoms with Crippen LogP contribution in [0.25, 0.3) is 0 Å². The molecule has 0 radical (unpaired) electrons. The van der Waals surface area contributed by atoms with Crippen LogP contribution in [-0.2, 0) is 16.0 Å². The summed E-state index contributed by atoms with van der Waals surface area (Å²) in [6.45, 7) is 4.93. The number of carbonyl (C=O) groups excluding carboxylic acids is 1. The summed E-state index contributed by atoms with van der Waals surface area (Å²) in [6.07, 6.45) is 11.8. The summed E-state index contributed by atoms with van der Waals surface area (Å²) in [5, 5.41) is 0. The van der Waals surface area contributed by atoms with Crippen LogP contribution in [0.1, 0.15) is 75.3 Å². The average molecular weight is 402 g/mol. The summed E-state index contributed by atoms with van der Waals surface area (Å²) in [7, 11) is 0. The molecule has 0 spiro atoms. The van der Waals surface area contributed by atoms with Gasteiger partial charge in [-0.05, 0) is 74.5 Å². The number of fused-ring (bicyclic) bond motifs is 1. The van der Waals surface area contributed by atoms with E-state index in [1.54, 1.807) is 0 Å². The molecular formula is C24H35NO4. The lowest BCUT2D eigenvalue weighted by atomic mass is 9.91. The lowest BCUT2D eigenvalue weighted by Gasteiger charge is -2.26. The molecule has 0 bridgehead atoms. The molecule has 3 atom stereocenters. The Morgan fingerprint density at radius 1 is 1.21 bits per heavy atom. The van der Waals surface area contributed by atoms with Crippen molar-refractivity contribution < 1.29 is 19.0 Å². The van der Waals surface area contributed by atoms with Crippen LogP contribution in [0.3, 0.4) is 0 Å². The molecule has 2 saturated heterocycles. The molecule has 0 saturated carbocycles. The van der Waals surface area contributed by atoms with Gasteiger partial charge in [0.1, 0.15) is 6.29 Å². The van der Waals surface area contributed by atoms with Gasteiger partial charge < -0.3 is 19.0 Å². The van der Waals surface area contributed by atoms with Crippen molar-refractivity contribution >= 4 is 6.29 Å². The molecule has 5 nitrogen and oxygen atoms in total. The summed E-state index contributed by atoms with van der Waals surface area (Å²) >= 11 is 0. The molecule has 1 aromatic carbocycles. The maximum Gasteiger partial charge on any atom is 0.231 e. The summed E-state index contributed by atoms with van der Waals surface area (Å²) in [4.78, 5) is 13.7. The van der Waals surface area contributed by atoms with Gasteiger partial charge in [0.05, 0.1) is 12.6 Å². The van der Waals surface area contributed by atoms with Crippen LogP contribution >= 0.6 is 0 Å². The van der Waals surface area contributed by atoms with Crippen molar-refractivity contribution in [1.29, 1.82) is 0 Å². The Bertz CT molecular complexity index is 686. The number of hydrogen-bond acceptors (Lipinski definition) is 5. The average Bonchev–Trinajstić information content (AvgIpc) is 3.38. The minimum atomic E-state index is 0.323. The lowest BCUT2D eigenvalue weighted by Crippen LogP contribution is -2.32. The molecule has 3 heterocycles. The minimum Gasteiger partial charge on any atom is -0.454 e. The van der Waals surface area contributed by atoms with Crippen molar-refractivity contribution in [1.82, 2.24) is 4.90 Å². The van der Waals surface area contributed by atoms with E-state index in [1.807, 2.05) is 0 Å². The second-order valence-electron chi connectivity index (χ2n) is 8.79. The van der Waals surface area contributed by atoms with Gasteiger partial charge in [-0.3, -0.25) is 4.90 Å². The van der Waals surface area contributed by atoms with Crippen molar-refractivity contribution in [2.75, 3.05) is 26.5 Å². The van der Waals surface area contributed by atoms with Crippen LogP contribution < -0.4 is 9.47 Å². The highest BCUT2D eigenvalue weighted by Crippen LogP contribution is 2.42. The molecule has 0 aromatic heterocycles. The van der Waals surface area contributed by atoms with Crippen molar-refractivity contribution in [3.05, 3.63) is 23.3 Å². The van der Waals surface area contributed by atoms with Crippen LogP contribution in [0.5, 0.6) is 11.5 Å². The second kappa shape index (κ2) is 9.94. The monoisotopic (exact) mass is 401 g/mol. The molecule has 1 aromatic rings. The summed E-state index contributed by atoms with van der Waals surface area (Å²) in [5.41, 5.74) is 2.62. The topological polar surface area (TPSA) is 48.0 Å². The van der Waals surface area contributed by atoms with E-state index in [-0.39, 0.29) is 0 Å². The normalized spacial score (nSPS) is 26.7. The quantitative estimate of drug-likeness (QED) is 0.572. The van der Waals surface area contributed by atoms with Crippen LogP contribution in [-0.4, -0.2) is 49.8 Å². The Morgan fingerprint density at radius 2 is 2.14 bits per heavy atom. The predicted molar refractivity (Wildman–Crippen MR) is 113 cm³/mol. The number of aryl methyl sites for hydroxylation is 1. The number of nitrogens with zero attached hydrogens (tertiary/aromatic N) is 1. The lowest BCUT2D eigenvalue weighted by molar-refractivity contribution is -0.109. The van der Waals surface area contributed by atoms with Gasteiger partial charge in [0, 0.05) is 19.2 Å². The SMILES string of the molecule is CCCCc1cc(C2CC(CCC3CCCCO3)N(CC=O)C2)cc2c1OCO2. The van der Waals surface area contributed by atoms with Gasteiger partial charge >= 0.3 is 0 Å². The largest absolute Gasteiger partial charge is 0.454 e. The molecule has 5 heteroatoms. The number of unbranched alkanes of at least 4 members (excludes halogenated alkanes) is 1. The summed E-state index contributed by atoms with van der Waals surface area (Å²) in [5.74, 6) is 2.28. The molecule has 29 heavy (non-hydrogen) atoms. The number of aldehydes is 1. The summed E-state index contributed by atoms with van der Waals surface area (Å²) < 4.78 is 17.4. The van der Waals surface area contributed by atoms with Gasteiger partial charge in [0.2, 0.25) is 6.79 Å². The van der Waals surface area contributed by atoms with E-state index in [4.69, 9.17) is 14.2 Å². The fraction of sp³-hybridized carbons (Fsp3) is 0.708.